The molecule has 2 rings (SSSR count). The molecule has 1 N–H and O–H groups in total. The maximum absolute atomic E-state index is 7.30. The largest absolute Gasteiger partial charge is 0.329 e. The number of imidazole rings is 1. The first-order valence-electron chi connectivity index (χ1n) is 4.24. The molecule has 0 spiro atoms. The second-order valence-corrected chi connectivity index (χ2v) is 1.43. The zero-order valence-electron chi connectivity index (χ0n) is 8.29. The van der Waals surface area contributed by atoms with Crippen LogP contribution in [0.15, 0.2) is 18.8 Å². The van der Waals surface area contributed by atoms with Crippen molar-refractivity contribution in [1.29, 1.82) is 0 Å². The van der Waals surface area contributed by atoms with Crippen LogP contribution in [0.25, 0.3) is 11.2 Å². The van der Waals surface area contributed by atoms with E-state index >= 15 is 0 Å². The van der Waals surface area contributed by atoms with E-state index in [1.54, 1.807) is 0 Å². The van der Waals surface area contributed by atoms with Gasteiger partial charge in [-0.05, 0) is 0 Å². The van der Waals surface area contributed by atoms with Gasteiger partial charge in [-0.2, -0.15) is 0 Å². The van der Waals surface area contributed by atoms with Crippen molar-refractivity contribution < 1.29 is 5.52 Å². The second-order valence-electron chi connectivity index (χ2n) is 1.43. The SMILES string of the molecule is [3H]c1nc([3H])c2nc([3H])n([3H])c2n1. The topological polar surface area (TPSA) is 54.5 Å². The van der Waals surface area contributed by atoms with Crippen LogP contribution in [0.5, 0.6) is 0 Å². The molecule has 0 radical (unpaired) electrons. The number of aromatic amines is 1. The van der Waals surface area contributed by atoms with Crippen LogP contribution < -0.4 is 0 Å². The third-order valence-electron chi connectivity index (χ3n) is 0.897. The van der Waals surface area contributed by atoms with E-state index in [0.29, 0.717) is 4.98 Å². The quantitative estimate of drug-likeness (QED) is 0.557. The van der Waals surface area contributed by atoms with Crippen LogP contribution in [-0.4, -0.2) is 19.9 Å². The van der Waals surface area contributed by atoms with Crippen molar-refractivity contribution in [2.75, 3.05) is 0 Å². The van der Waals surface area contributed by atoms with Crippen LogP contribution in [0, 0.1) is 0 Å². The first-order valence-corrected chi connectivity index (χ1v) is 2.29. The van der Waals surface area contributed by atoms with Gasteiger partial charge < -0.3 is 4.98 Å². The Labute approximate surface area is 56.7 Å². The van der Waals surface area contributed by atoms with E-state index in [1.165, 1.54) is 0 Å². The minimum Gasteiger partial charge on any atom is -0.329 e. The molecule has 0 aliphatic heterocycles. The fraction of sp³-hybridized carbons (Fsp3) is 0. The smallest absolute Gasteiger partial charge is 0.169 e. The molecule has 0 atom stereocenters. The van der Waals surface area contributed by atoms with Crippen LogP contribution in [0.2, 0.25) is 1.41 Å². The summed E-state index contributed by atoms with van der Waals surface area (Å²) in [5, 5.41) is 0. The summed E-state index contributed by atoms with van der Waals surface area (Å²) in [5.41, 5.74) is 0.103. The summed E-state index contributed by atoms with van der Waals surface area (Å²) in [7, 11) is 0. The Kier molecular flexibility index (Phi) is 0.346. The van der Waals surface area contributed by atoms with Crippen molar-refractivity contribution in [3.05, 3.63) is 18.8 Å². The molecule has 0 aliphatic carbocycles. The molecule has 2 aromatic heterocycles. The van der Waals surface area contributed by atoms with Gasteiger partial charge in [0.05, 0.1) is 13.8 Å². The van der Waals surface area contributed by atoms with Gasteiger partial charge in [0.15, 0.2) is 7.06 Å². The molecule has 0 aliphatic rings. The second kappa shape index (κ2) is 1.51. The highest BCUT2D eigenvalue weighted by molar-refractivity contribution is 5.67. The molecule has 0 bridgehead atoms. The first kappa shape index (κ1) is 2.06. The van der Waals surface area contributed by atoms with E-state index in [-0.39, 0.29) is 29.9 Å². The molecule has 0 unspecified atom stereocenters. The van der Waals surface area contributed by atoms with Gasteiger partial charge in [0.2, 0.25) is 0 Å². The Hall–Kier alpha value is -1.45. The average Bonchev–Trinajstić information content (AvgIpc) is 2.32. The molecular formula is C5H4N4. The molecule has 4 nitrogen and oxygen atoms in total. The highest BCUT2D eigenvalue weighted by Crippen LogP contribution is 1.99. The monoisotopic (exact) mass is 128 g/mol. The van der Waals surface area contributed by atoms with Crippen molar-refractivity contribution in [1.82, 2.24) is 19.9 Å². The molecule has 2 aromatic rings. The van der Waals surface area contributed by atoms with Crippen molar-refractivity contribution >= 4 is 11.2 Å². The Morgan fingerprint density at radius 2 is 2.67 bits per heavy atom. The third kappa shape index (κ3) is 0.561. The fourth-order valence-electron chi connectivity index (χ4n) is 0.529. The number of nitrogens with zero attached hydrogens (tertiary/aromatic N) is 3. The fourth-order valence-corrected chi connectivity index (χ4v) is 0.529. The van der Waals surface area contributed by atoms with Gasteiger partial charge in [0.25, 0.3) is 0 Å². The number of hydrogen-bond donors (Lipinski definition) is 1. The van der Waals surface area contributed by atoms with Crippen LogP contribution in [0.3, 0.4) is 0 Å². The van der Waals surface area contributed by atoms with E-state index < -0.39 is 0 Å². The number of aromatic nitrogens is 4. The van der Waals surface area contributed by atoms with Crippen molar-refractivity contribution in [2.24, 2.45) is 0 Å². The minimum atomic E-state index is -0.342. The van der Waals surface area contributed by atoms with Gasteiger partial charge in [-0.25, -0.2) is 15.0 Å². The van der Waals surface area contributed by atoms with Crippen LogP contribution >= 0.6 is 0 Å². The average molecular weight is 128 g/mol. The molecule has 0 saturated carbocycles. The van der Waals surface area contributed by atoms with Gasteiger partial charge in [-0.15, -0.1) is 0 Å². The van der Waals surface area contributed by atoms with E-state index in [4.69, 9.17) is 5.52 Å². The lowest BCUT2D eigenvalue weighted by molar-refractivity contribution is 1.20. The van der Waals surface area contributed by atoms with E-state index in [0.717, 1.165) is 0 Å². The molecule has 0 saturated heterocycles. The zero-order chi connectivity index (χ0) is 9.59. The Morgan fingerprint density at radius 3 is 3.67 bits per heavy atom. The van der Waals surface area contributed by atoms with E-state index in [9.17, 15) is 0 Å². The molecule has 9 heavy (non-hydrogen) atoms. The van der Waals surface area contributed by atoms with E-state index in [1.807, 2.05) is 0 Å². The first-order chi connectivity index (χ1) is 6.09. The van der Waals surface area contributed by atoms with Gasteiger partial charge in [0.1, 0.15) is 14.6 Å². The van der Waals surface area contributed by atoms with Gasteiger partial charge in [-0.1, -0.05) is 0 Å². The summed E-state index contributed by atoms with van der Waals surface area (Å²) >= 11 is 0. The molecule has 0 fully saturated rings. The number of rotatable bonds is 0. The maximum Gasteiger partial charge on any atom is 0.169 e. The van der Waals surface area contributed by atoms with Crippen molar-refractivity contribution in [3.63, 3.8) is 0 Å². The number of H-pyrrole nitrogens is 1. The highest BCUT2D eigenvalue weighted by Gasteiger charge is 1.91. The Bertz CT molecular complexity index is 479. The van der Waals surface area contributed by atoms with E-state index in [2.05, 4.69) is 15.0 Å². The van der Waals surface area contributed by atoms with Crippen molar-refractivity contribution in [2.45, 2.75) is 0 Å². The van der Waals surface area contributed by atoms with Gasteiger partial charge >= 0.3 is 0 Å². The lowest BCUT2D eigenvalue weighted by Gasteiger charge is -1.80. The lowest BCUT2D eigenvalue weighted by Crippen LogP contribution is -1.76. The van der Waals surface area contributed by atoms with Crippen molar-refractivity contribution in [3.8, 4) is 0 Å². The Morgan fingerprint density at radius 1 is 1.67 bits per heavy atom. The molecule has 2 heterocycles. The summed E-state index contributed by atoms with van der Waals surface area (Å²) in [5.74, 6) is 0. The van der Waals surface area contributed by atoms with Gasteiger partial charge in [-0.3, -0.25) is 0 Å². The normalized spacial score (nSPS) is 16.4. The highest BCUT2D eigenvalue weighted by atomic mass is 15.0. The minimum absolute atomic E-state index is 0.0231. The summed E-state index contributed by atoms with van der Waals surface area (Å²) < 4.78 is 28.8. The molecule has 0 aromatic carbocycles. The number of fused-ring (bicyclic) bond motifs is 1. The van der Waals surface area contributed by atoms with Crippen LogP contribution in [0.4, 0.5) is 0 Å². The summed E-state index contributed by atoms with van der Waals surface area (Å²) in [4.78, 5) is 11.3. The van der Waals surface area contributed by atoms with Crippen LogP contribution in [0.1, 0.15) is 4.11 Å². The molecular weight excluding hydrogens is 116 g/mol. The Balaban J connectivity index is 2.94. The standard InChI is InChI=1S/C5H4N4/c1-4-5(8-2-6-1)9-3-7-4/h1-3H,(H,6,7,8,9)/i1T,2T,3T/hT. The lowest BCUT2D eigenvalue weighted by atomic mass is 10.6. The third-order valence-corrected chi connectivity index (χ3v) is 0.897. The molecule has 4 heteroatoms. The summed E-state index contributed by atoms with van der Waals surface area (Å²) in [6.07, 6.45) is -0.885. The van der Waals surface area contributed by atoms with Gasteiger partial charge in [0, 0.05) is 0 Å². The summed E-state index contributed by atoms with van der Waals surface area (Å²) in [6, 6.07) is 0. The summed E-state index contributed by atoms with van der Waals surface area (Å²) in [6.45, 7) is 0. The zero-order valence-corrected chi connectivity index (χ0v) is 4.29. The predicted molar refractivity (Wildman–Crippen MR) is 31.7 cm³/mol. The molecule has 44 valence electrons. The predicted octanol–water partition coefficient (Wildman–Crippen LogP) is 0.353. The molecule has 0 amide bonds. The van der Waals surface area contributed by atoms with Crippen LogP contribution in [-0.2, 0) is 0 Å². The number of hydrogen-bond acceptors (Lipinski definition) is 3. The maximum atomic E-state index is 7.30. The number of nitrogens with one attached hydrogen (secondary N) is 1.